The van der Waals surface area contributed by atoms with Crippen molar-refractivity contribution in [3.05, 3.63) is 46.2 Å². The van der Waals surface area contributed by atoms with Gasteiger partial charge in [-0.3, -0.25) is 0 Å². The number of carbonyl (C=O) groups excluding carboxylic acids is 1. The number of rotatable bonds is 7. The van der Waals surface area contributed by atoms with Crippen molar-refractivity contribution in [3.8, 4) is 0 Å². The van der Waals surface area contributed by atoms with E-state index in [1.165, 1.54) is 4.88 Å². The fourth-order valence-corrected chi connectivity index (χ4v) is 3.34. The zero-order chi connectivity index (χ0) is 14.9. The second-order valence-corrected chi connectivity index (χ2v) is 6.47. The molecule has 2 N–H and O–H groups in total. The molecule has 5 nitrogen and oxygen atoms in total. The molecule has 0 radical (unpaired) electrons. The van der Waals surface area contributed by atoms with Crippen LogP contribution in [-0.4, -0.2) is 28.3 Å². The monoisotopic (exact) mass is 322 g/mol. The molecule has 0 aromatic carbocycles. The van der Waals surface area contributed by atoms with E-state index in [4.69, 9.17) is 0 Å². The molecule has 2 amide bonds. The molecular weight excluding hydrogens is 304 g/mol. The van der Waals surface area contributed by atoms with Crippen LogP contribution in [0.5, 0.6) is 0 Å². The number of aromatic nitrogens is 2. The lowest BCUT2D eigenvalue weighted by Gasteiger charge is -2.07. The number of hydrogen-bond acceptors (Lipinski definition) is 5. The minimum Gasteiger partial charge on any atom is -0.337 e. The molecule has 2 rings (SSSR count). The van der Waals surface area contributed by atoms with Crippen molar-refractivity contribution in [1.82, 2.24) is 20.6 Å². The van der Waals surface area contributed by atoms with Crippen LogP contribution in [0.1, 0.15) is 16.4 Å². The fraction of sp³-hybridized carbons (Fsp3) is 0.357. The van der Waals surface area contributed by atoms with Crippen LogP contribution < -0.4 is 10.6 Å². The van der Waals surface area contributed by atoms with E-state index in [9.17, 15) is 4.79 Å². The summed E-state index contributed by atoms with van der Waals surface area (Å²) in [5.41, 5.74) is 0.810. The second-order valence-electron chi connectivity index (χ2n) is 4.34. The zero-order valence-corrected chi connectivity index (χ0v) is 13.5. The van der Waals surface area contributed by atoms with Gasteiger partial charge in [0.05, 0.1) is 12.2 Å². The first-order chi connectivity index (χ1) is 10.2. The average Bonchev–Trinajstić information content (AvgIpc) is 2.98. The smallest absolute Gasteiger partial charge is 0.315 e. The van der Waals surface area contributed by atoms with Gasteiger partial charge in [-0.1, -0.05) is 6.07 Å². The minimum atomic E-state index is -0.164. The molecule has 7 heteroatoms. The third-order valence-electron chi connectivity index (χ3n) is 2.62. The molecule has 0 aliphatic carbocycles. The lowest BCUT2D eigenvalue weighted by atomic mass is 10.4. The van der Waals surface area contributed by atoms with Crippen molar-refractivity contribution in [2.24, 2.45) is 0 Å². The highest BCUT2D eigenvalue weighted by molar-refractivity contribution is 7.98. The predicted molar refractivity (Wildman–Crippen MR) is 87.5 cm³/mol. The maximum absolute atomic E-state index is 11.6. The molecule has 112 valence electrons. The van der Waals surface area contributed by atoms with E-state index >= 15 is 0 Å². The van der Waals surface area contributed by atoms with E-state index in [0.717, 1.165) is 17.2 Å². The summed E-state index contributed by atoms with van der Waals surface area (Å²) in [5.74, 6) is 2.61. The third-order valence-corrected chi connectivity index (χ3v) is 4.69. The van der Waals surface area contributed by atoms with Crippen LogP contribution in [0.3, 0.4) is 0 Å². The summed E-state index contributed by atoms with van der Waals surface area (Å²) in [5, 5.41) is 7.70. The van der Waals surface area contributed by atoms with Gasteiger partial charge in [0.15, 0.2) is 0 Å². The van der Waals surface area contributed by atoms with E-state index in [2.05, 4.69) is 38.1 Å². The number of urea groups is 1. The summed E-state index contributed by atoms with van der Waals surface area (Å²) in [7, 11) is 0. The van der Waals surface area contributed by atoms with Crippen molar-refractivity contribution in [2.45, 2.75) is 19.2 Å². The summed E-state index contributed by atoms with van der Waals surface area (Å²) in [6, 6.07) is 5.82. The normalized spacial score (nSPS) is 10.3. The molecule has 0 atom stereocenters. The Hall–Kier alpha value is -1.60. The topological polar surface area (TPSA) is 66.9 Å². The predicted octanol–water partition coefficient (Wildman–Crippen LogP) is 2.58. The third kappa shape index (κ3) is 6.14. The Labute approximate surface area is 132 Å². The van der Waals surface area contributed by atoms with E-state index < -0.39 is 0 Å². The molecule has 0 fully saturated rings. The van der Waals surface area contributed by atoms with E-state index in [1.54, 1.807) is 23.6 Å². The quantitative estimate of drug-likeness (QED) is 0.769. The summed E-state index contributed by atoms with van der Waals surface area (Å²) >= 11 is 3.58. The Bertz CT molecular complexity index is 560. The van der Waals surface area contributed by atoms with E-state index in [0.29, 0.717) is 18.9 Å². The molecule has 0 aliphatic heterocycles. The van der Waals surface area contributed by atoms with Gasteiger partial charge in [0.1, 0.15) is 5.82 Å². The Morgan fingerprint density at radius 3 is 3.05 bits per heavy atom. The summed E-state index contributed by atoms with van der Waals surface area (Å²) < 4.78 is 0. The molecule has 0 bridgehead atoms. The number of nitrogens with zero attached hydrogens (tertiary/aromatic N) is 2. The standard InChI is InChI=1S/C14H18N4OS2/c1-11-15-5-4-12(18-11)9-17-14(19)16-6-8-20-10-13-3-2-7-21-13/h2-5,7H,6,8-10H2,1H3,(H2,16,17,19). The van der Waals surface area contributed by atoms with Gasteiger partial charge in [0, 0.05) is 29.1 Å². The highest BCUT2D eigenvalue weighted by atomic mass is 32.2. The Balaban J connectivity index is 1.55. The van der Waals surface area contributed by atoms with Crippen LogP contribution in [0, 0.1) is 6.92 Å². The van der Waals surface area contributed by atoms with Crippen LogP contribution in [0.15, 0.2) is 29.8 Å². The van der Waals surface area contributed by atoms with Crippen LogP contribution in [0.2, 0.25) is 0 Å². The highest BCUT2D eigenvalue weighted by Gasteiger charge is 2.01. The van der Waals surface area contributed by atoms with Crippen LogP contribution >= 0.6 is 23.1 Å². The lowest BCUT2D eigenvalue weighted by Crippen LogP contribution is -2.36. The number of amides is 2. The average molecular weight is 322 g/mol. The van der Waals surface area contributed by atoms with Gasteiger partial charge in [-0.25, -0.2) is 14.8 Å². The lowest BCUT2D eigenvalue weighted by molar-refractivity contribution is 0.241. The van der Waals surface area contributed by atoms with Crippen molar-refractivity contribution in [1.29, 1.82) is 0 Å². The molecule has 0 aliphatic rings. The minimum absolute atomic E-state index is 0.164. The first kappa shape index (κ1) is 15.8. The summed E-state index contributed by atoms with van der Waals surface area (Å²) in [4.78, 5) is 21.2. The second kappa shape index (κ2) is 8.63. The van der Waals surface area contributed by atoms with Crippen LogP contribution in [-0.2, 0) is 12.3 Å². The van der Waals surface area contributed by atoms with E-state index in [-0.39, 0.29) is 6.03 Å². The SMILES string of the molecule is Cc1nccc(CNC(=O)NCCSCc2cccs2)n1. The number of carbonyl (C=O) groups is 1. The van der Waals surface area contributed by atoms with Gasteiger partial charge in [0.25, 0.3) is 0 Å². The van der Waals surface area contributed by atoms with Gasteiger partial charge < -0.3 is 10.6 Å². The number of thioether (sulfide) groups is 1. The van der Waals surface area contributed by atoms with Gasteiger partial charge >= 0.3 is 6.03 Å². The largest absolute Gasteiger partial charge is 0.337 e. The van der Waals surface area contributed by atoms with Crippen molar-refractivity contribution >= 4 is 29.1 Å². The Morgan fingerprint density at radius 2 is 2.29 bits per heavy atom. The summed E-state index contributed by atoms with van der Waals surface area (Å²) in [6.45, 7) is 2.90. The summed E-state index contributed by atoms with van der Waals surface area (Å²) in [6.07, 6.45) is 1.69. The van der Waals surface area contributed by atoms with Gasteiger partial charge in [-0.05, 0) is 24.4 Å². The molecule has 2 aromatic heterocycles. The zero-order valence-electron chi connectivity index (χ0n) is 11.8. The molecular formula is C14H18N4OS2. The van der Waals surface area contributed by atoms with Gasteiger partial charge in [-0.15, -0.1) is 11.3 Å². The fourth-order valence-electron chi connectivity index (χ4n) is 1.64. The van der Waals surface area contributed by atoms with E-state index in [1.807, 2.05) is 18.7 Å². The Morgan fingerprint density at radius 1 is 1.38 bits per heavy atom. The molecule has 0 spiro atoms. The molecule has 21 heavy (non-hydrogen) atoms. The van der Waals surface area contributed by atoms with Crippen LogP contribution in [0.4, 0.5) is 4.79 Å². The molecule has 0 saturated heterocycles. The number of aryl methyl sites for hydroxylation is 1. The highest BCUT2D eigenvalue weighted by Crippen LogP contribution is 2.16. The van der Waals surface area contributed by atoms with Crippen molar-refractivity contribution < 1.29 is 4.79 Å². The van der Waals surface area contributed by atoms with Gasteiger partial charge in [-0.2, -0.15) is 11.8 Å². The van der Waals surface area contributed by atoms with Crippen LogP contribution in [0.25, 0.3) is 0 Å². The maximum atomic E-state index is 11.6. The first-order valence-corrected chi connectivity index (χ1v) is 8.68. The number of nitrogens with one attached hydrogen (secondary N) is 2. The first-order valence-electron chi connectivity index (χ1n) is 6.64. The molecule has 0 saturated carbocycles. The van der Waals surface area contributed by atoms with Crippen molar-refractivity contribution in [3.63, 3.8) is 0 Å². The number of hydrogen-bond donors (Lipinski definition) is 2. The molecule has 0 unspecified atom stereocenters. The maximum Gasteiger partial charge on any atom is 0.315 e. The van der Waals surface area contributed by atoms with Crippen molar-refractivity contribution in [2.75, 3.05) is 12.3 Å². The number of thiophene rings is 1. The van der Waals surface area contributed by atoms with Gasteiger partial charge in [0.2, 0.25) is 0 Å². The molecule has 2 heterocycles. The molecule has 2 aromatic rings. The Kier molecular flexibility index (Phi) is 6.49.